The second-order valence-corrected chi connectivity index (χ2v) is 9.58. The number of para-hydroxylation sites is 1. The number of anilines is 2. The Morgan fingerprint density at radius 3 is 2.50 bits per heavy atom. The van der Waals surface area contributed by atoms with E-state index in [1.165, 1.54) is 16.2 Å². The van der Waals surface area contributed by atoms with Crippen molar-refractivity contribution >= 4 is 61.9 Å². The lowest BCUT2D eigenvalue weighted by Gasteiger charge is -2.20. The number of fused-ring (bicyclic) bond motifs is 1. The molecule has 7 nitrogen and oxygen atoms in total. The van der Waals surface area contributed by atoms with Crippen LogP contribution in [-0.2, 0) is 16.1 Å². The third-order valence-electron chi connectivity index (χ3n) is 5.55. The van der Waals surface area contributed by atoms with Gasteiger partial charge >= 0.3 is 0 Å². The zero-order valence-corrected chi connectivity index (χ0v) is 19.9. The molecule has 170 valence electrons. The molecule has 0 spiro atoms. The van der Waals surface area contributed by atoms with E-state index in [1.807, 2.05) is 36.6 Å². The fraction of sp³-hybridized carbons (Fsp3) is 0.160. The summed E-state index contributed by atoms with van der Waals surface area (Å²) in [6.45, 7) is 0.311. The predicted molar refractivity (Wildman–Crippen MR) is 134 cm³/mol. The number of amides is 3. The summed E-state index contributed by atoms with van der Waals surface area (Å²) in [4.78, 5) is 50.6. The minimum Gasteiger partial charge on any atom is -0.279 e. The Labute approximate surface area is 204 Å². The van der Waals surface area contributed by atoms with Gasteiger partial charge in [-0.15, -0.1) is 11.8 Å². The average Bonchev–Trinajstić information content (AvgIpc) is 3.45. The Morgan fingerprint density at radius 2 is 1.82 bits per heavy atom. The molecule has 1 saturated heterocycles. The maximum Gasteiger partial charge on any atom is 0.260 e. The van der Waals surface area contributed by atoms with Crippen LogP contribution < -0.4 is 9.80 Å². The van der Waals surface area contributed by atoms with Crippen LogP contribution in [0.25, 0.3) is 10.2 Å². The van der Waals surface area contributed by atoms with Crippen LogP contribution in [0, 0.1) is 0 Å². The summed E-state index contributed by atoms with van der Waals surface area (Å²) in [5.74, 6) is -0.665. The summed E-state index contributed by atoms with van der Waals surface area (Å²) in [6.07, 6.45) is 5.86. The van der Waals surface area contributed by atoms with Crippen LogP contribution in [0.15, 0.2) is 71.9 Å². The summed E-state index contributed by atoms with van der Waals surface area (Å²) >= 11 is 3.08. The SMILES string of the molecule is CSc1cccc2sc(N(Cc3cccnc3)C(=O)c3ccc(N4C(=O)CCC4=O)cc3)nc12. The van der Waals surface area contributed by atoms with E-state index < -0.39 is 0 Å². The van der Waals surface area contributed by atoms with Gasteiger partial charge in [-0.3, -0.25) is 29.2 Å². The molecule has 0 radical (unpaired) electrons. The number of thioether (sulfide) groups is 1. The third-order valence-corrected chi connectivity index (χ3v) is 7.37. The van der Waals surface area contributed by atoms with E-state index in [-0.39, 0.29) is 30.6 Å². The molecule has 0 saturated carbocycles. The topological polar surface area (TPSA) is 83.5 Å². The molecule has 0 bridgehead atoms. The number of nitrogens with zero attached hydrogens (tertiary/aromatic N) is 4. The van der Waals surface area contributed by atoms with Gasteiger partial charge in [-0.1, -0.05) is 23.5 Å². The molecule has 3 amide bonds. The molecule has 0 N–H and O–H groups in total. The van der Waals surface area contributed by atoms with Crippen molar-refractivity contribution in [3.63, 3.8) is 0 Å². The van der Waals surface area contributed by atoms with Crippen LogP contribution in [0.5, 0.6) is 0 Å². The van der Waals surface area contributed by atoms with Gasteiger partial charge in [0.2, 0.25) is 11.8 Å². The first-order valence-corrected chi connectivity index (χ1v) is 12.7. The van der Waals surface area contributed by atoms with Crippen LogP contribution in [-0.4, -0.2) is 33.9 Å². The minimum absolute atomic E-state index is 0.216. The first-order valence-electron chi connectivity index (χ1n) is 10.7. The van der Waals surface area contributed by atoms with Crippen molar-refractivity contribution in [1.82, 2.24) is 9.97 Å². The smallest absolute Gasteiger partial charge is 0.260 e. The van der Waals surface area contributed by atoms with Gasteiger partial charge in [-0.2, -0.15) is 0 Å². The molecular weight excluding hydrogens is 468 g/mol. The molecule has 5 rings (SSSR count). The van der Waals surface area contributed by atoms with Gasteiger partial charge in [0.05, 0.1) is 22.4 Å². The molecule has 3 heterocycles. The van der Waals surface area contributed by atoms with Gasteiger partial charge in [0.15, 0.2) is 5.13 Å². The number of benzene rings is 2. The number of rotatable bonds is 6. The van der Waals surface area contributed by atoms with E-state index in [0.717, 1.165) is 20.7 Å². The molecule has 0 unspecified atom stereocenters. The highest BCUT2D eigenvalue weighted by Crippen LogP contribution is 2.35. The molecule has 0 atom stereocenters. The number of carbonyl (C=O) groups excluding carboxylic acids is 3. The lowest BCUT2D eigenvalue weighted by atomic mass is 10.1. The Bertz CT molecular complexity index is 1370. The Balaban J connectivity index is 1.51. The molecule has 0 aliphatic carbocycles. The molecule has 34 heavy (non-hydrogen) atoms. The van der Waals surface area contributed by atoms with Crippen molar-refractivity contribution in [2.24, 2.45) is 0 Å². The third kappa shape index (κ3) is 4.20. The number of hydrogen-bond acceptors (Lipinski definition) is 7. The van der Waals surface area contributed by atoms with Crippen molar-refractivity contribution in [3.8, 4) is 0 Å². The maximum atomic E-state index is 13.7. The van der Waals surface area contributed by atoms with Gasteiger partial charge < -0.3 is 0 Å². The second kappa shape index (κ2) is 9.36. The quantitative estimate of drug-likeness (QED) is 0.283. The zero-order valence-electron chi connectivity index (χ0n) is 18.3. The average molecular weight is 489 g/mol. The summed E-state index contributed by atoms with van der Waals surface area (Å²) in [6, 6.07) is 16.3. The lowest BCUT2D eigenvalue weighted by molar-refractivity contribution is -0.121. The maximum absolute atomic E-state index is 13.7. The fourth-order valence-corrected chi connectivity index (χ4v) is 5.48. The van der Waals surface area contributed by atoms with E-state index in [1.54, 1.807) is 53.3 Å². The van der Waals surface area contributed by atoms with Crippen molar-refractivity contribution in [2.75, 3.05) is 16.1 Å². The first-order chi connectivity index (χ1) is 16.5. The molecule has 9 heteroatoms. The Kier molecular flexibility index (Phi) is 6.12. The molecule has 2 aromatic carbocycles. The van der Waals surface area contributed by atoms with Gasteiger partial charge in [0.25, 0.3) is 5.91 Å². The number of carbonyl (C=O) groups is 3. The molecule has 2 aromatic heterocycles. The standard InChI is InChI=1S/C25H20N4O3S2/c1-33-19-5-2-6-20-23(19)27-25(34-20)28(15-16-4-3-13-26-14-16)24(32)17-7-9-18(10-8-17)29-21(30)11-12-22(29)31/h2-10,13-14H,11-12,15H2,1H3. The van der Waals surface area contributed by atoms with Crippen LogP contribution in [0.1, 0.15) is 28.8 Å². The monoisotopic (exact) mass is 488 g/mol. The molecule has 1 fully saturated rings. The van der Waals surface area contributed by atoms with E-state index in [4.69, 9.17) is 4.98 Å². The van der Waals surface area contributed by atoms with Crippen LogP contribution in [0.2, 0.25) is 0 Å². The fourth-order valence-electron chi connectivity index (χ4n) is 3.87. The lowest BCUT2D eigenvalue weighted by Crippen LogP contribution is -2.31. The number of pyridine rings is 1. The van der Waals surface area contributed by atoms with Crippen molar-refractivity contribution < 1.29 is 14.4 Å². The van der Waals surface area contributed by atoms with Crippen LogP contribution in [0.3, 0.4) is 0 Å². The molecule has 1 aliphatic rings. The van der Waals surface area contributed by atoms with E-state index in [2.05, 4.69) is 4.98 Å². The highest BCUT2D eigenvalue weighted by molar-refractivity contribution is 7.98. The predicted octanol–water partition coefficient (Wildman–Crippen LogP) is 4.91. The second-order valence-electron chi connectivity index (χ2n) is 7.73. The highest BCUT2D eigenvalue weighted by atomic mass is 32.2. The van der Waals surface area contributed by atoms with E-state index in [0.29, 0.717) is 22.9 Å². The van der Waals surface area contributed by atoms with Gasteiger partial charge in [-0.05, 0) is 54.3 Å². The number of aromatic nitrogens is 2. The van der Waals surface area contributed by atoms with Gasteiger partial charge in [-0.25, -0.2) is 4.98 Å². The van der Waals surface area contributed by atoms with E-state index >= 15 is 0 Å². The summed E-state index contributed by atoms with van der Waals surface area (Å²) in [5, 5.41) is 0.597. The Hall–Kier alpha value is -3.56. The number of thiazole rings is 1. The molecule has 4 aromatic rings. The number of imide groups is 1. The van der Waals surface area contributed by atoms with Crippen LogP contribution in [0.4, 0.5) is 10.8 Å². The summed E-state index contributed by atoms with van der Waals surface area (Å²) in [5.41, 5.74) is 2.68. The first kappa shape index (κ1) is 22.2. The van der Waals surface area contributed by atoms with Gasteiger partial charge in [0.1, 0.15) is 0 Å². The van der Waals surface area contributed by atoms with Crippen molar-refractivity contribution in [2.45, 2.75) is 24.3 Å². The molecular formula is C25H20N4O3S2. The summed E-state index contributed by atoms with van der Waals surface area (Å²) < 4.78 is 1.01. The normalized spacial score (nSPS) is 13.6. The van der Waals surface area contributed by atoms with Gasteiger partial charge in [0, 0.05) is 35.7 Å². The summed E-state index contributed by atoms with van der Waals surface area (Å²) in [7, 11) is 0. The van der Waals surface area contributed by atoms with Crippen molar-refractivity contribution in [1.29, 1.82) is 0 Å². The van der Waals surface area contributed by atoms with Crippen LogP contribution >= 0.6 is 23.1 Å². The zero-order chi connectivity index (χ0) is 23.7. The largest absolute Gasteiger partial charge is 0.279 e. The van der Waals surface area contributed by atoms with Crippen molar-refractivity contribution in [3.05, 3.63) is 78.1 Å². The molecule has 1 aliphatic heterocycles. The highest BCUT2D eigenvalue weighted by Gasteiger charge is 2.30. The Morgan fingerprint density at radius 1 is 1.06 bits per heavy atom. The van der Waals surface area contributed by atoms with E-state index in [9.17, 15) is 14.4 Å². The minimum atomic E-state index is -0.223. The number of hydrogen-bond donors (Lipinski definition) is 0.